The summed E-state index contributed by atoms with van der Waals surface area (Å²) in [5.74, 6) is 0.593. The van der Waals surface area contributed by atoms with Crippen molar-refractivity contribution in [3.05, 3.63) is 4.91 Å². The van der Waals surface area contributed by atoms with Crippen LogP contribution >= 0.6 is 0 Å². The normalized spacial score (nSPS) is 41.8. The van der Waals surface area contributed by atoms with Crippen LogP contribution in [-0.4, -0.2) is 30.6 Å². The van der Waals surface area contributed by atoms with Crippen molar-refractivity contribution in [1.82, 2.24) is 4.90 Å². The van der Waals surface area contributed by atoms with Gasteiger partial charge in [0.1, 0.15) is 6.04 Å². The molecule has 2 aliphatic heterocycles. The molecule has 12 heavy (non-hydrogen) atoms. The molecule has 0 spiro atoms. The number of fused-ring (bicyclic) bond motifs is 3. The predicted molar refractivity (Wildman–Crippen MR) is 48.0 cm³/mol. The summed E-state index contributed by atoms with van der Waals surface area (Å²) in [4.78, 5) is 13.0. The maximum Gasteiger partial charge on any atom is 0.107 e. The van der Waals surface area contributed by atoms with E-state index in [1.54, 1.807) is 0 Å². The van der Waals surface area contributed by atoms with Crippen LogP contribution < -0.4 is 0 Å². The lowest BCUT2D eigenvalue weighted by Gasteiger charge is -2.18. The fraction of sp³-hybridized carbons (Fsp3) is 1.00. The quantitative estimate of drug-likeness (QED) is 0.557. The molecule has 0 saturated carbocycles. The number of nitroso groups, excluding NO2 is 1. The van der Waals surface area contributed by atoms with Crippen molar-refractivity contribution in [3.63, 3.8) is 0 Å². The Balaban J connectivity index is 2.11. The highest BCUT2D eigenvalue weighted by molar-refractivity contribution is 4.86. The van der Waals surface area contributed by atoms with E-state index in [0.29, 0.717) is 5.92 Å². The van der Waals surface area contributed by atoms with Crippen LogP contribution in [-0.2, 0) is 0 Å². The van der Waals surface area contributed by atoms with E-state index in [1.807, 2.05) is 0 Å². The fourth-order valence-corrected chi connectivity index (χ4v) is 2.51. The van der Waals surface area contributed by atoms with Gasteiger partial charge in [-0.3, -0.25) is 0 Å². The molecule has 2 aliphatic rings. The zero-order valence-corrected chi connectivity index (χ0v) is 7.41. The first-order chi connectivity index (χ1) is 5.90. The molecule has 0 aliphatic carbocycles. The highest BCUT2D eigenvalue weighted by atomic mass is 16.3. The maximum atomic E-state index is 10.6. The summed E-state index contributed by atoms with van der Waals surface area (Å²) in [5, 5.41) is 3.26. The van der Waals surface area contributed by atoms with E-state index in [9.17, 15) is 4.91 Å². The molecule has 2 rings (SSSR count). The van der Waals surface area contributed by atoms with Crippen LogP contribution in [0.15, 0.2) is 5.18 Å². The van der Waals surface area contributed by atoms with Gasteiger partial charge in [0.15, 0.2) is 0 Å². The molecule has 0 N–H and O–H groups in total. The molecule has 1 atom stereocenters. The van der Waals surface area contributed by atoms with Gasteiger partial charge < -0.3 is 4.90 Å². The Bertz CT molecular complexity index is 162. The standard InChI is InChI=1S/C9H16N2O/c12-10-9-7-11-5-1-3-8(9)4-2-6-11/h8-9H,1-7H2. The molecular formula is C9H16N2O. The van der Waals surface area contributed by atoms with Gasteiger partial charge in [0.05, 0.1) is 0 Å². The van der Waals surface area contributed by atoms with Crippen molar-refractivity contribution in [1.29, 1.82) is 0 Å². The van der Waals surface area contributed by atoms with Crippen molar-refractivity contribution >= 4 is 0 Å². The molecule has 2 heterocycles. The monoisotopic (exact) mass is 168 g/mol. The second-order valence-electron chi connectivity index (χ2n) is 4.02. The average molecular weight is 168 g/mol. The molecule has 0 radical (unpaired) electrons. The third-order valence-electron chi connectivity index (χ3n) is 3.22. The lowest BCUT2D eigenvalue weighted by Crippen LogP contribution is -2.30. The number of rotatable bonds is 1. The van der Waals surface area contributed by atoms with Crippen molar-refractivity contribution in [2.24, 2.45) is 11.1 Å². The van der Waals surface area contributed by atoms with Crippen LogP contribution in [0.25, 0.3) is 0 Å². The van der Waals surface area contributed by atoms with Gasteiger partial charge in [-0.15, -0.1) is 0 Å². The largest absolute Gasteiger partial charge is 0.301 e. The summed E-state index contributed by atoms with van der Waals surface area (Å²) in [6, 6.07) is 0.0926. The minimum absolute atomic E-state index is 0.0926. The first-order valence-electron chi connectivity index (χ1n) is 4.95. The highest BCUT2D eigenvalue weighted by Gasteiger charge is 2.30. The molecular weight excluding hydrogens is 152 g/mol. The van der Waals surface area contributed by atoms with E-state index >= 15 is 0 Å². The first kappa shape index (κ1) is 8.17. The molecule has 68 valence electrons. The number of hydrogen-bond donors (Lipinski definition) is 0. The minimum Gasteiger partial charge on any atom is -0.301 e. The lowest BCUT2D eigenvalue weighted by molar-refractivity contribution is 0.281. The third kappa shape index (κ3) is 1.51. The predicted octanol–water partition coefficient (Wildman–Crippen LogP) is 1.63. The van der Waals surface area contributed by atoms with E-state index in [2.05, 4.69) is 10.1 Å². The maximum absolute atomic E-state index is 10.6. The van der Waals surface area contributed by atoms with Crippen LogP contribution in [0.1, 0.15) is 25.7 Å². The zero-order chi connectivity index (χ0) is 8.39. The van der Waals surface area contributed by atoms with Gasteiger partial charge in [0.2, 0.25) is 0 Å². The molecule has 0 aromatic rings. The van der Waals surface area contributed by atoms with Crippen LogP contribution in [0, 0.1) is 10.8 Å². The van der Waals surface area contributed by atoms with Gasteiger partial charge in [0, 0.05) is 6.54 Å². The van der Waals surface area contributed by atoms with Crippen LogP contribution in [0.4, 0.5) is 0 Å². The summed E-state index contributed by atoms with van der Waals surface area (Å²) in [7, 11) is 0. The van der Waals surface area contributed by atoms with E-state index in [1.165, 1.54) is 38.8 Å². The smallest absolute Gasteiger partial charge is 0.107 e. The van der Waals surface area contributed by atoms with Crippen molar-refractivity contribution < 1.29 is 0 Å². The van der Waals surface area contributed by atoms with Crippen LogP contribution in [0.2, 0.25) is 0 Å². The van der Waals surface area contributed by atoms with E-state index in [-0.39, 0.29) is 6.04 Å². The van der Waals surface area contributed by atoms with Gasteiger partial charge in [-0.05, 0) is 44.7 Å². The summed E-state index contributed by atoms with van der Waals surface area (Å²) >= 11 is 0. The van der Waals surface area contributed by atoms with Crippen molar-refractivity contribution in [2.45, 2.75) is 31.7 Å². The summed E-state index contributed by atoms with van der Waals surface area (Å²) in [5.41, 5.74) is 0. The summed E-state index contributed by atoms with van der Waals surface area (Å²) < 4.78 is 0. The second kappa shape index (κ2) is 3.52. The molecule has 0 amide bonds. The van der Waals surface area contributed by atoms with Gasteiger partial charge in [0.25, 0.3) is 0 Å². The Morgan fingerprint density at radius 2 is 1.83 bits per heavy atom. The molecule has 2 fully saturated rings. The van der Waals surface area contributed by atoms with Crippen molar-refractivity contribution in [2.75, 3.05) is 19.6 Å². The summed E-state index contributed by atoms with van der Waals surface area (Å²) in [6.45, 7) is 3.29. The summed E-state index contributed by atoms with van der Waals surface area (Å²) in [6.07, 6.45) is 4.95. The highest BCUT2D eigenvalue weighted by Crippen LogP contribution is 2.28. The van der Waals surface area contributed by atoms with Crippen molar-refractivity contribution in [3.8, 4) is 0 Å². The second-order valence-corrected chi connectivity index (χ2v) is 4.02. The Labute approximate surface area is 73.1 Å². The number of hydrogen-bond acceptors (Lipinski definition) is 3. The topological polar surface area (TPSA) is 32.7 Å². The van der Waals surface area contributed by atoms with Gasteiger partial charge in [-0.25, -0.2) is 0 Å². The Morgan fingerprint density at radius 1 is 1.17 bits per heavy atom. The van der Waals surface area contributed by atoms with E-state index in [0.717, 1.165) is 6.54 Å². The molecule has 0 aromatic heterocycles. The van der Waals surface area contributed by atoms with Gasteiger partial charge in [-0.2, -0.15) is 4.91 Å². The molecule has 3 nitrogen and oxygen atoms in total. The molecule has 3 heteroatoms. The fourth-order valence-electron chi connectivity index (χ4n) is 2.51. The SMILES string of the molecule is O=NC1CN2CCCC1CCC2. The number of nitrogens with zero attached hydrogens (tertiary/aromatic N) is 2. The van der Waals surface area contributed by atoms with Crippen LogP contribution in [0.5, 0.6) is 0 Å². The average Bonchev–Trinajstić information content (AvgIpc) is 2.33. The first-order valence-corrected chi connectivity index (χ1v) is 4.95. The molecule has 2 saturated heterocycles. The van der Waals surface area contributed by atoms with Gasteiger partial charge >= 0.3 is 0 Å². The zero-order valence-electron chi connectivity index (χ0n) is 7.41. The molecule has 0 aromatic carbocycles. The lowest BCUT2D eigenvalue weighted by atomic mass is 9.92. The molecule has 1 unspecified atom stereocenters. The Hall–Kier alpha value is -0.440. The minimum atomic E-state index is 0.0926. The van der Waals surface area contributed by atoms with Crippen LogP contribution in [0.3, 0.4) is 0 Å². The van der Waals surface area contributed by atoms with E-state index in [4.69, 9.17) is 0 Å². The van der Waals surface area contributed by atoms with Gasteiger partial charge in [-0.1, -0.05) is 5.18 Å². The third-order valence-corrected chi connectivity index (χ3v) is 3.22. The Kier molecular flexibility index (Phi) is 2.40. The Morgan fingerprint density at radius 3 is 2.42 bits per heavy atom. The molecule has 2 bridgehead atoms. The van der Waals surface area contributed by atoms with E-state index < -0.39 is 0 Å².